The Morgan fingerprint density at radius 1 is 1.30 bits per heavy atom. The largest absolute Gasteiger partial charge is 0.478 e. The lowest BCUT2D eigenvalue weighted by atomic mass is 10.2. The number of rotatable bonds is 4. The number of carboxylic acids is 1. The molecule has 0 fully saturated rings. The summed E-state index contributed by atoms with van der Waals surface area (Å²) in [6.07, 6.45) is 4.32. The molecule has 5 nitrogen and oxygen atoms in total. The van der Waals surface area contributed by atoms with Crippen molar-refractivity contribution in [1.29, 1.82) is 0 Å². The van der Waals surface area contributed by atoms with E-state index in [2.05, 4.69) is 4.98 Å². The van der Waals surface area contributed by atoms with E-state index < -0.39 is 5.97 Å². The molecule has 4 aromatic rings. The molecule has 4 aromatic heterocycles. The van der Waals surface area contributed by atoms with E-state index in [1.165, 1.54) is 11.3 Å². The molecule has 0 amide bonds. The van der Waals surface area contributed by atoms with E-state index in [1.807, 2.05) is 39.4 Å². The number of hydrogen-bond donors (Lipinski definition) is 1. The summed E-state index contributed by atoms with van der Waals surface area (Å²) in [7, 11) is 0. The second kappa shape index (κ2) is 5.53. The Labute approximate surface area is 138 Å². The zero-order valence-electron chi connectivity index (χ0n) is 11.7. The van der Waals surface area contributed by atoms with E-state index in [0.717, 1.165) is 38.8 Å². The quantitative estimate of drug-likeness (QED) is 0.555. The summed E-state index contributed by atoms with van der Waals surface area (Å²) in [5, 5.41) is 12.9. The predicted octanol–water partition coefficient (Wildman–Crippen LogP) is 4.48. The fraction of sp³-hybridized carbons (Fsp3) is 0. The van der Waals surface area contributed by atoms with E-state index in [0.29, 0.717) is 0 Å². The Morgan fingerprint density at radius 3 is 2.91 bits per heavy atom. The van der Waals surface area contributed by atoms with Crippen LogP contribution in [0.2, 0.25) is 0 Å². The Kier molecular flexibility index (Phi) is 3.36. The number of furan rings is 1. The van der Waals surface area contributed by atoms with Crippen molar-refractivity contribution in [2.45, 2.75) is 0 Å². The zero-order valence-corrected chi connectivity index (χ0v) is 13.3. The monoisotopic (exact) mass is 342 g/mol. The SMILES string of the molecule is O=C(O)/C=C/c1c(-c2cccs2)nc2scc(-c3ccco3)n12. The maximum Gasteiger partial charge on any atom is 0.328 e. The standard InChI is InChI=1S/C16H10N2O3S2/c19-14(20)6-5-10-15(13-4-2-8-22-13)17-16-18(10)11(9-23-16)12-3-1-7-21-12/h1-9H,(H,19,20)/b6-5+. The summed E-state index contributed by atoms with van der Waals surface area (Å²) in [4.78, 5) is 17.4. The fourth-order valence-corrected chi connectivity index (χ4v) is 3.98. The van der Waals surface area contributed by atoms with Crippen molar-refractivity contribution in [1.82, 2.24) is 9.38 Å². The summed E-state index contributed by atoms with van der Waals surface area (Å²) < 4.78 is 7.42. The summed E-state index contributed by atoms with van der Waals surface area (Å²) in [6, 6.07) is 7.62. The Hall–Kier alpha value is -2.64. The first-order chi connectivity index (χ1) is 11.2. The third-order valence-corrected chi connectivity index (χ3v) is 5.01. The van der Waals surface area contributed by atoms with Crippen molar-refractivity contribution in [3.63, 3.8) is 0 Å². The van der Waals surface area contributed by atoms with Gasteiger partial charge in [-0.3, -0.25) is 4.40 Å². The average Bonchev–Trinajstić information content (AvgIpc) is 3.27. The van der Waals surface area contributed by atoms with Crippen molar-refractivity contribution < 1.29 is 14.3 Å². The van der Waals surface area contributed by atoms with Crippen LogP contribution in [0, 0.1) is 0 Å². The molecule has 0 atom stereocenters. The maximum absolute atomic E-state index is 11.0. The van der Waals surface area contributed by atoms with Crippen LogP contribution in [0.15, 0.2) is 51.8 Å². The van der Waals surface area contributed by atoms with Crippen LogP contribution in [0.25, 0.3) is 33.1 Å². The smallest absolute Gasteiger partial charge is 0.328 e. The number of aromatic nitrogens is 2. The lowest BCUT2D eigenvalue weighted by Gasteiger charge is -2.00. The highest BCUT2D eigenvalue weighted by Gasteiger charge is 2.19. The Balaban J connectivity index is 2.00. The van der Waals surface area contributed by atoms with Crippen molar-refractivity contribution in [3.05, 3.63) is 53.1 Å². The number of carbonyl (C=O) groups is 1. The number of thiophene rings is 1. The number of carboxylic acid groups (broad SMARTS) is 1. The molecule has 23 heavy (non-hydrogen) atoms. The molecule has 0 unspecified atom stereocenters. The van der Waals surface area contributed by atoms with Gasteiger partial charge < -0.3 is 9.52 Å². The van der Waals surface area contributed by atoms with Crippen molar-refractivity contribution in [2.75, 3.05) is 0 Å². The van der Waals surface area contributed by atoms with Crippen LogP contribution in [0.5, 0.6) is 0 Å². The first kappa shape index (κ1) is 14.0. The zero-order chi connectivity index (χ0) is 15.8. The van der Waals surface area contributed by atoms with Crippen molar-refractivity contribution in [2.24, 2.45) is 0 Å². The Morgan fingerprint density at radius 2 is 2.22 bits per heavy atom. The first-order valence-corrected chi connectivity index (χ1v) is 8.48. The van der Waals surface area contributed by atoms with Crippen LogP contribution >= 0.6 is 22.7 Å². The van der Waals surface area contributed by atoms with Crippen LogP contribution in [-0.2, 0) is 4.79 Å². The van der Waals surface area contributed by atoms with Gasteiger partial charge >= 0.3 is 5.97 Å². The number of fused-ring (bicyclic) bond motifs is 1. The highest BCUT2D eigenvalue weighted by Crippen LogP contribution is 2.35. The molecule has 0 aromatic carbocycles. The van der Waals surface area contributed by atoms with Gasteiger partial charge in [-0.25, -0.2) is 9.78 Å². The molecule has 0 radical (unpaired) electrons. The van der Waals surface area contributed by atoms with Gasteiger partial charge in [0.15, 0.2) is 10.7 Å². The van der Waals surface area contributed by atoms with Crippen molar-refractivity contribution in [3.8, 4) is 22.0 Å². The van der Waals surface area contributed by atoms with Crippen molar-refractivity contribution >= 4 is 39.7 Å². The minimum absolute atomic E-state index is 0.719. The molecule has 0 saturated carbocycles. The summed E-state index contributed by atoms with van der Waals surface area (Å²) in [5.41, 5.74) is 2.37. The first-order valence-electron chi connectivity index (χ1n) is 6.73. The van der Waals surface area contributed by atoms with Crippen LogP contribution in [-0.4, -0.2) is 20.5 Å². The molecule has 0 aliphatic rings. The second-order valence-corrected chi connectivity index (χ2v) is 6.49. The molecule has 4 heterocycles. The minimum atomic E-state index is -0.994. The van der Waals surface area contributed by atoms with Gasteiger partial charge in [0, 0.05) is 11.5 Å². The molecule has 1 N–H and O–H groups in total. The van der Waals surface area contributed by atoms with Gasteiger partial charge in [0.25, 0.3) is 0 Å². The van der Waals surface area contributed by atoms with E-state index in [1.54, 1.807) is 23.7 Å². The van der Waals surface area contributed by atoms with E-state index in [4.69, 9.17) is 9.52 Å². The second-order valence-electron chi connectivity index (χ2n) is 4.71. The predicted molar refractivity (Wildman–Crippen MR) is 90.8 cm³/mol. The molecule has 0 spiro atoms. The van der Waals surface area contributed by atoms with Gasteiger partial charge in [-0.05, 0) is 29.7 Å². The van der Waals surface area contributed by atoms with Crippen LogP contribution in [0.3, 0.4) is 0 Å². The normalized spacial score (nSPS) is 11.7. The topological polar surface area (TPSA) is 67.7 Å². The van der Waals surface area contributed by atoms with Gasteiger partial charge in [0.05, 0.1) is 16.8 Å². The van der Waals surface area contributed by atoms with Gasteiger partial charge in [0.1, 0.15) is 11.4 Å². The fourth-order valence-electron chi connectivity index (χ4n) is 2.38. The molecule has 0 bridgehead atoms. The van der Waals surface area contributed by atoms with E-state index >= 15 is 0 Å². The summed E-state index contributed by atoms with van der Waals surface area (Å²) in [6.45, 7) is 0. The molecule has 4 rings (SSSR count). The van der Waals surface area contributed by atoms with Crippen LogP contribution in [0.4, 0.5) is 0 Å². The molecular weight excluding hydrogens is 332 g/mol. The lowest BCUT2D eigenvalue weighted by molar-refractivity contribution is -0.131. The van der Waals surface area contributed by atoms with Gasteiger partial charge in [0.2, 0.25) is 0 Å². The maximum atomic E-state index is 11.0. The molecule has 0 saturated heterocycles. The number of hydrogen-bond acceptors (Lipinski definition) is 5. The third kappa shape index (κ3) is 2.39. The van der Waals surface area contributed by atoms with Crippen LogP contribution < -0.4 is 0 Å². The number of imidazole rings is 1. The van der Waals surface area contributed by atoms with Gasteiger partial charge in [-0.2, -0.15) is 0 Å². The number of nitrogens with zero attached hydrogens (tertiary/aromatic N) is 2. The molecule has 114 valence electrons. The van der Waals surface area contributed by atoms with Gasteiger partial charge in [-0.15, -0.1) is 22.7 Å². The third-order valence-electron chi connectivity index (χ3n) is 3.31. The van der Waals surface area contributed by atoms with Crippen LogP contribution in [0.1, 0.15) is 5.69 Å². The van der Waals surface area contributed by atoms with Gasteiger partial charge in [-0.1, -0.05) is 6.07 Å². The van der Waals surface area contributed by atoms with E-state index in [9.17, 15) is 4.79 Å². The minimum Gasteiger partial charge on any atom is -0.478 e. The molecule has 7 heteroatoms. The number of aliphatic carboxylic acids is 1. The highest BCUT2D eigenvalue weighted by atomic mass is 32.1. The summed E-state index contributed by atoms with van der Waals surface area (Å²) in [5.74, 6) is -0.275. The molecular formula is C16H10N2O3S2. The highest BCUT2D eigenvalue weighted by molar-refractivity contribution is 7.15. The Bertz CT molecular complexity index is 992. The number of thiazole rings is 1. The average molecular weight is 342 g/mol. The molecule has 0 aliphatic heterocycles. The lowest BCUT2D eigenvalue weighted by Crippen LogP contribution is -1.91. The summed E-state index contributed by atoms with van der Waals surface area (Å²) >= 11 is 3.06. The van der Waals surface area contributed by atoms with E-state index in [-0.39, 0.29) is 0 Å². The molecule has 0 aliphatic carbocycles.